The third kappa shape index (κ3) is 3.26. The van der Waals surface area contributed by atoms with Crippen molar-refractivity contribution in [2.75, 3.05) is 18.9 Å². The van der Waals surface area contributed by atoms with Crippen LogP contribution in [0.3, 0.4) is 0 Å². The molecule has 2 atom stereocenters. The lowest BCUT2D eigenvalue weighted by Crippen LogP contribution is -2.37. The number of hydrogen-bond acceptors (Lipinski definition) is 2. The fraction of sp³-hybridized carbons (Fsp3) is 0.533. The molecule has 1 aromatic rings. The summed E-state index contributed by atoms with van der Waals surface area (Å²) in [4.78, 5) is 14.0. The van der Waals surface area contributed by atoms with Gasteiger partial charge in [0, 0.05) is 24.3 Å². The van der Waals surface area contributed by atoms with E-state index in [9.17, 15) is 4.79 Å². The van der Waals surface area contributed by atoms with Gasteiger partial charge in [-0.2, -0.15) is 0 Å². The van der Waals surface area contributed by atoms with E-state index >= 15 is 0 Å². The van der Waals surface area contributed by atoms with Crippen LogP contribution in [0.4, 0.5) is 10.5 Å². The number of nitrogens with one attached hydrogen (secondary N) is 2. The van der Waals surface area contributed by atoms with Crippen LogP contribution < -0.4 is 10.6 Å². The first-order valence-electron chi connectivity index (χ1n) is 6.96. The van der Waals surface area contributed by atoms with Gasteiger partial charge in [0.05, 0.1) is 0 Å². The van der Waals surface area contributed by atoms with Crippen LogP contribution in [0.25, 0.3) is 0 Å². The van der Waals surface area contributed by atoms with Crippen molar-refractivity contribution in [3.05, 3.63) is 29.8 Å². The Morgan fingerprint density at radius 1 is 1.37 bits per heavy atom. The van der Waals surface area contributed by atoms with Crippen LogP contribution >= 0.6 is 0 Å². The minimum Gasteiger partial charge on any atom is -0.322 e. The van der Waals surface area contributed by atoms with Gasteiger partial charge in [-0.3, -0.25) is 0 Å². The number of carbonyl (C=O) groups excluding carboxylic acids is 1. The molecule has 0 aliphatic carbocycles. The molecule has 1 aliphatic heterocycles. The number of rotatable bonds is 3. The predicted octanol–water partition coefficient (Wildman–Crippen LogP) is 2.98. The number of anilines is 1. The molecular weight excluding hydrogens is 238 g/mol. The normalized spacial score (nSPS) is 20.4. The summed E-state index contributed by atoms with van der Waals surface area (Å²) in [6, 6.07) is 8.70. The molecule has 104 valence electrons. The maximum atomic E-state index is 12.1. The third-order valence-corrected chi connectivity index (χ3v) is 3.91. The van der Waals surface area contributed by atoms with E-state index in [2.05, 4.69) is 24.5 Å². The summed E-state index contributed by atoms with van der Waals surface area (Å²) in [7, 11) is 1.94. The Morgan fingerprint density at radius 2 is 2.05 bits per heavy atom. The maximum Gasteiger partial charge on any atom is 0.322 e. The molecule has 1 aromatic carbocycles. The number of amides is 2. The van der Waals surface area contributed by atoms with Crippen molar-refractivity contribution in [1.29, 1.82) is 0 Å². The van der Waals surface area contributed by atoms with Gasteiger partial charge in [0.25, 0.3) is 0 Å². The third-order valence-electron chi connectivity index (χ3n) is 3.91. The Labute approximate surface area is 115 Å². The second-order valence-corrected chi connectivity index (χ2v) is 5.25. The second kappa shape index (κ2) is 6.06. The van der Waals surface area contributed by atoms with E-state index in [-0.39, 0.29) is 6.03 Å². The van der Waals surface area contributed by atoms with Crippen molar-refractivity contribution >= 4 is 11.7 Å². The van der Waals surface area contributed by atoms with Crippen molar-refractivity contribution in [2.24, 2.45) is 0 Å². The Morgan fingerprint density at radius 3 is 2.58 bits per heavy atom. The van der Waals surface area contributed by atoms with Gasteiger partial charge in [0.2, 0.25) is 0 Å². The molecule has 0 spiro atoms. The van der Waals surface area contributed by atoms with Gasteiger partial charge in [-0.1, -0.05) is 12.1 Å². The zero-order valence-corrected chi connectivity index (χ0v) is 11.9. The maximum absolute atomic E-state index is 12.1. The topological polar surface area (TPSA) is 44.4 Å². The Hall–Kier alpha value is -1.55. The first kappa shape index (κ1) is 13.9. The molecule has 4 heteroatoms. The first-order chi connectivity index (χ1) is 9.11. The van der Waals surface area contributed by atoms with Gasteiger partial charge in [0.15, 0.2) is 0 Å². The average Bonchev–Trinajstić information content (AvgIpc) is 2.85. The standard InChI is InChI=1S/C15H23N3O/c1-11-5-4-10-18(11)15(19)17-14-8-6-13(7-9-14)12(2)16-3/h6-9,11-12,16H,4-5,10H2,1-3H3,(H,17,19). The van der Waals surface area contributed by atoms with Gasteiger partial charge in [-0.25, -0.2) is 4.79 Å². The number of hydrogen-bond donors (Lipinski definition) is 2. The second-order valence-electron chi connectivity index (χ2n) is 5.25. The molecule has 4 nitrogen and oxygen atoms in total. The monoisotopic (exact) mass is 261 g/mol. The summed E-state index contributed by atoms with van der Waals surface area (Å²) in [6.07, 6.45) is 2.21. The predicted molar refractivity (Wildman–Crippen MR) is 78.3 cm³/mol. The van der Waals surface area contributed by atoms with Crippen molar-refractivity contribution in [2.45, 2.75) is 38.8 Å². The molecule has 1 saturated heterocycles. The average molecular weight is 261 g/mol. The molecule has 1 fully saturated rings. The lowest BCUT2D eigenvalue weighted by molar-refractivity contribution is 0.210. The lowest BCUT2D eigenvalue weighted by atomic mass is 10.1. The van der Waals surface area contributed by atoms with Crippen molar-refractivity contribution < 1.29 is 4.79 Å². The van der Waals surface area contributed by atoms with E-state index < -0.39 is 0 Å². The fourth-order valence-electron chi connectivity index (χ4n) is 2.45. The molecule has 0 bridgehead atoms. The van der Waals surface area contributed by atoms with Crippen LogP contribution in [-0.2, 0) is 0 Å². The summed E-state index contributed by atoms with van der Waals surface area (Å²) in [5, 5.41) is 6.16. The quantitative estimate of drug-likeness (QED) is 0.878. The molecule has 19 heavy (non-hydrogen) atoms. The molecule has 1 heterocycles. The van der Waals surface area contributed by atoms with Gasteiger partial charge < -0.3 is 15.5 Å². The molecule has 0 saturated carbocycles. The molecule has 2 N–H and O–H groups in total. The highest BCUT2D eigenvalue weighted by Gasteiger charge is 2.24. The number of benzene rings is 1. The molecule has 2 amide bonds. The van der Waals surface area contributed by atoms with Crippen LogP contribution in [0.15, 0.2) is 24.3 Å². The minimum atomic E-state index is 0.0133. The van der Waals surface area contributed by atoms with Gasteiger partial charge in [-0.15, -0.1) is 0 Å². The molecule has 0 radical (unpaired) electrons. The number of nitrogens with zero attached hydrogens (tertiary/aromatic N) is 1. The fourth-order valence-corrected chi connectivity index (χ4v) is 2.45. The molecular formula is C15H23N3O. The van der Waals surface area contributed by atoms with E-state index in [0.717, 1.165) is 25.1 Å². The number of likely N-dealkylation sites (tertiary alicyclic amines) is 1. The zero-order chi connectivity index (χ0) is 13.8. The van der Waals surface area contributed by atoms with E-state index in [1.54, 1.807) is 0 Å². The van der Waals surface area contributed by atoms with Crippen LogP contribution in [-0.4, -0.2) is 30.6 Å². The van der Waals surface area contributed by atoms with Crippen molar-refractivity contribution in [3.63, 3.8) is 0 Å². The van der Waals surface area contributed by atoms with E-state index in [0.29, 0.717) is 12.1 Å². The molecule has 2 rings (SSSR count). The Balaban J connectivity index is 1.97. The van der Waals surface area contributed by atoms with Gasteiger partial charge in [-0.05, 0) is 51.4 Å². The summed E-state index contributed by atoms with van der Waals surface area (Å²) >= 11 is 0. The number of urea groups is 1. The molecule has 0 aromatic heterocycles. The molecule has 1 aliphatic rings. The van der Waals surface area contributed by atoms with E-state index in [4.69, 9.17) is 0 Å². The van der Waals surface area contributed by atoms with Crippen molar-refractivity contribution in [3.8, 4) is 0 Å². The van der Waals surface area contributed by atoms with Gasteiger partial charge >= 0.3 is 6.03 Å². The highest BCUT2D eigenvalue weighted by atomic mass is 16.2. The van der Waals surface area contributed by atoms with E-state index in [1.807, 2.05) is 36.2 Å². The summed E-state index contributed by atoms with van der Waals surface area (Å²) < 4.78 is 0. The highest BCUT2D eigenvalue weighted by Crippen LogP contribution is 2.19. The van der Waals surface area contributed by atoms with Crippen LogP contribution in [0, 0.1) is 0 Å². The van der Waals surface area contributed by atoms with Crippen molar-refractivity contribution in [1.82, 2.24) is 10.2 Å². The zero-order valence-electron chi connectivity index (χ0n) is 11.9. The Kier molecular flexibility index (Phi) is 4.43. The minimum absolute atomic E-state index is 0.0133. The van der Waals surface area contributed by atoms with Crippen LogP contribution in [0.2, 0.25) is 0 Å². The lowest BCUT2D eigenvalue weighted by Gasteiger charge is -2.22. The van der Waals surface area contributed by atoms with E-state index in [1.165, 1.54) is 5.56 Å². The van der Waals surface area contributed by atoms with Crippen LogP contribution in [0.5, 0.6) is 0 Å². The largest absolute Gasteiger partial charge is 0.322 e. The highest BCUT2D eigenvalue weighted by molar-refractivity contribution is 5.89. The number of carbonyl (C=O) groups is 1. The SMILES string of the molecule is CNC(C)c1ccc(NC(=O)N2CCCC2C)cc1. The summed E-state index contributed by atoms with van der Waals surface area (Å²) in [5.41, 5.74) is 2.08. The smallest absolute Gasteiger partial charge is 0.322 e. The Bertz CT molecular complexity index is 430. The first-order valence-corrected chi connectivity index (χ1v) is 6.96. The van der Waals surface area contributed by atoms with Gasteiger partial charge in [0.1, 0.15) is 0 Å². The molecule has 2 unspecified atom stereocenters. The summed E-state index contributed by atoms with van der Waals surface area (Å²) in [5.74, 6) is 0. The summed E-state index contributed by atoms with van der Waals surface area (Å²) in [6.45, 7) is 5.08. The van der Waals surface area contributed by atoms with Crippen LogP contribution in [0.1, 0.15) is 38.3 Å².